The van der Waals surface area contributed by atoms with Crippen molar-refractivity contribution < 1.29 is 4.79 Å². The number of hydrogen-bond donors (Lipinski definition) is 1. The third kappa shape index (κ3) is 2.55. The number of nitrogens with two attached hydrogens (primary N) is 1. The van der Waals surface area contributed by atoms with Crippen LogP contribution in [0.3, 0.4) is 0 Å². The molecule has 1 aliphatic rings. The first-order valence-electron chi connectivity index (χ1n) is 8.59. The van der Waals surface area contributed by atoms with Crippen molar-refractivity contribution >= 4 is 44.4 Å². The summed E-state index contributed by atoms with van der Waals surface area (Å²) in [6.07, 6.45) is 2.38. The van der Waals surface area contributed by atoms with E-state index in [4.69, 9.17) is 10.7 Å². The molecule has 1 aromatic carbocycles. The topological polar surface area (TPSA) is 56.0 Å². The van der Waals surface area contributed by atoms with Crippen LogP contribution in [0.5, 0.6) is 0 Å². The van der Waals surface area contributed by atoms with E-state index in [0.717, 1.165) is 27.0 Å². The Balaban J connectivity index is 1.76. The largest absolute Gasteiger partial charge is 0.397 e. The second-order valence-corrected chi connectivity index (χ2v) is 8.51. The number of pyridine rings is 1. The maximum Gasteiger partial charge on any atom is 0.215 e. The number of anilines is 1. The number of carbonyl (C=O) groups is 1. The van der Waals surface area contributed by atoms with Crippen LogP contribution in [0.4, 0.5) is 5.69 Å². The van der Waals surface area contributed by atoms with Gasteiger partial charge in [0.25, 0.3) is 0 Å². The molecule has 0 saturated heterocycles. The van der Waals surface area contributed by atoms with Crippen LogP contribution < -0.4 is 5.73 Å². The minimum atomic E-state index is -0.00696. The molecule has 0 bridgehead atoms. The monoisotopic (exact) mass is 376 g/mol. The number of nitrogen functional groups attached to an aromatic ring is 1. The summed E-state index contributed by atoms with van der Waals surface area (Å²) in [5.74, 6) is 0.536. The fraction of sp³-hybridized carbons (Fsp3) is 0.143. The first kappa shape index (κ1) is 15.7. The van der Waals surface area contributed by atoms with Crippen LogP contribution in [0.15, 0.2) is 53.9 Å². The van der Waals surface area contributed by atoms with E-state index in [1.54, 1.807) is 0 Å². The molecule has 3 heterocycles. The number of nitrogens with zero attached hydrogens (tertiary/aromatic N) is 1. The normalized spacial score (nSPS) is 14.0. The molecule has 128 valence electrons. The van der Waals surface area contributed by atoms with Crippen LogP contribution in [0, 0.1) is 0 Å². The highest BCUT2D eigenvalue weighted by Gasteiger charge is 2.28. The van der Waals surface area contributed by atoms with Crippen molar-refractivity contribution in [1.29, 1.82) is 0 Å². The second kappa shape index (κ2) is 6.04. The van der Waals surface area contributed by atoms with Gasteiger partial charge < -0.3 is 5.73 Å². The quantitative estimate of drug-likeness (QED) is 0.464. The van der Waals surface area contributed by atoms with Gasteiger partial charge in [-0.2, -0.15) is 0 Å². The number of hydrogen-bond acceptors (Lipinski definition) is 5. The Labute approximate surface area is 159 Å². The zero-order valence-corrected chi connectivity index (χ0v) is 15.6. The lowest BCUT2D eigenvalue weighted by atomic mass is 10.00. The van der Waals surface area contributed by atoms with Gasteiger partial charge in [-0.3, -0.25) is 4.79 Å². The van der Waals surface area contributed by atoms with Crippen molar-refractivity contribution in [2.45, 2.75) is 18.8 Å². The van der Waals surface area contributed by atoms with Gasteiger partial charge in [-0.1, -0.05) is 36.4 Å². The minimum Gasteiger partial charge on any atom is -0.397 e. The van der Waals surface area contributed by atoms with Crippen molar-refractivity contribution in [3.05, 3.63) is 69.4 Å². The molecule has 0 atom stereocenters. The molecule has 2 N–H and O–H groups in total. The maximum absolute atomic E-state index is 12.9. The average molecular weight is 377 g/mol. The van der Waals surface area contributed by atoms with Crippen molar-refractivity contribution in [3.63, 3.8) is 0 Å². The van der Waals surface area contributed by atoms with E-state index in [2.05, 4.69) is 18.2 Å². The molecule has 0 aliphatic heterocycles. The van der Waals surface area contributed by atoms with Gasteiger partial charge >= 0.3 is 0 Å². The number of rotatable bonds is 4. The number of aromatic nitrogens is 1. The van der Waals surface area contributed by atoms with Gasteiger partial charge in [0.15, 0.2) is 0 Å². The molecule has 0 amide bonds. The molecule has 0 spiro atoms. The number of carbonyl (C=O) groups excluding carboxylic acids is 1. The summed E-state index contributed by atoms with van der Waals surface area (Å²) in [6.45, 7) is 0. The Morgan fingerprint density at radius 3 is 2.62 bits per heavy atom. The summed E-state index contributed by atoms with van der Waals surface area (Å²) in [5, 5.41) is 2.82. The predicted octanol–water partition coefficient (Wildman–Crippen LogP) is 5.72. The fourth-order valence-corrected chi connectivity index (χ4v) is 5.08. The lowest BCUT2D eigenvalue weighted by Gasteiger charge is -2.08. The SMILES string of the molecule is Nc1c(C(=O)c2cccs2)sc2nc(C3CC3)cc(-c3ccccc3)c12. The summed E-state index contributed by atoms with van der Waals surface area (Å²) in [5.41, 5.74) is 10.3. The van der Waals surface area contributed by atoms with Crippen LogP contribution in [-0.4, -0.2) is 10.8 Å². The minimum absolute atomic E-state index is 0.00696. The average Bonchev–Trinajstić information content (AvgIpc) is 3.28. The summed E-state index contributed by atoms with van der Waals surface area (Å²) in [4.78, 5) is 19.9. The van der Waals surface area contributed by atoms with Gasteiger partial charge in [0, 0.05) is 17.0 Å². The highest BCUT2D eigenvalue weighted by Crippen LogP contribution is 2.45. The van der Waals surface area contributed by atoms with Gasteiger partial charge in [-0.05, 0) is 41.5 Å². The molecule has 1 aliphatic carbocycles. The number of benzene rings is 1. The zero-order chi connectivity index (χ0) is 17.7. The van der Waals surface area contributed by atoms with Crippen molar-refractivity contribution in [1.82, 2.24) is 4.98 Å². The maximum atomic E-state index is 12.9. The molecule has 26 heavy (non-hydrogen) atoms. The predicted molar refractivity (Wildman–Crippen MR) is 109 cm³/mol. The standard InChI is InChI=1S/C21H16N2OS2/c22-18-17-14(12-5-2-1-3-6-12)11-15(13-8-9-13)23-21(17)26-20(18)19(24)16-7-4-10-25-16/h1-7,10-11,13H,8-9,22H2. The molecule has 5 rings (SSSR count). The van der Waals surface area contributed by atoms with E-state index in [-0.39, 0.29) is 5.78 Å². The zero-order valence-electron chi connectivity index (χ0n) is 13.9. The molecular formula is C21H16N2OS2. The highest BCUT2D eigenvalue weighted by molar-refractivity contribution is 7.22. The number of fused-ring (bicyclic) bond motifs is 1. The molecule has 4 aromatic rings. The Morgan fingerprint density at radius 1 is 1.12 bits per heavy atom. The number of thiophene rings is 2. The van der Waals surface area contributed by atoms with Crippen LogP contribution >= 0.6 is 22.7 Å². The van der Waals surface area contributed by atoms with Crippen LogP contribution in [0.1, 0.15) is 39.0 Å². The van der Waals surface area contributed by atoms with Crippen molar-refractivity contribution in [3.8, 4) is 11.1 Å². The van der Waals surface area contributed by atoms with Gasteiger partial charge in [-0.15, -0.1) is 22.7 Å². The highest BCUT2D eigenvalue weighted by atomic mass is 32.1. The molecule has 0 unspecified atom stereocenters. The summed E-state index contributed by atoms with van der Waals surface area (Å²) >= 11 is 2.86. The van der Waals surface area contributed by atoms with Crippen molar-refractivity contribution in [2.75, 3.05) is 5.73 Å². The Bertz CT molecular complexity index is 1110. The van der Waals surface area contributed by atoms with Crippen LogP contribution in [-0.2, 0) is 0 Å². The van der Waals surface area contributed by atoms with Gasteiger partial charge in [0.1, 0.15) is 9.71 Å². The molecule has 5 heteroatoms. The molecule has 3 nitrogen and oxygen atoms in total. The summed E-state index contributed by atoms with van der Waals surface area (Å²) in [6, 6.07) is 16.1. The smallest absolute Gasteiger partial charge is 0.215 e. The van der Waals surface area contributed by atoms with E-state index in [9.17, 15) is 4.79 Å². The molecule has 0 radical (unpaired) electrons. The first-order valence-corrected chi connectivity index (χ1v) is 10.3. The Morgan fingerprint density at radius 2 is 1.92 bits per heavy atom. The van der Waals surface area contributed by atoms with E-state index in [1.165, 1.54) is 35.5 Å². The van der Waals surface area contributed by atoms with Crippen LogP contribution in [0.25, 0.3) is 21.3 Å². The first-order chi connectivity index (χ1) is 12.7. The van der Waals surface area contributed by atoms with Crippen LogP contribution in [0.2, 0.25) is 0 Å². The number of ketones is 1. The van der Waals surface area contributed by atoms with E-state index in [0.29, 0.717) is 21.4 Å². The van der Waals surface area contributed by atoms with Crippen molar-refractivity contribution in [2.24, 2.45) is 0 Å². The Hall–Kier alpha value is -2.50. The summed E-state index contributed by atoms with van der Waals surface area (Å²) < 4.78 is 0. The third-order valence-corrected chi connectivity index (χ3v) is 6.72. The second-order valence-electron chi connectivity index (χ2n) is 6.57. The third-order valence-electron chi connectivity index (χ3n) is 4.75. The van der Waals surface area contributed by atoms with E-state index >= 15 is 0 Å². The Kier molecular flexibility index (Phi) is 3.65. The molecule has 1 fully saturated rings. The fourth-order valence-electron chi connectivity index (χ4n) is 3.26. The molecule has 1 saturated carbocycles. The van der Waals surface area contributed by atoms with Gasteiger partial charge in [0.05, 0.1) is 10.6 Å². The lowest BCUT2D eigenvalue weighted by Crippen LogP contribution is -2.00. The molecule has 3 aromatic heterocycles. The van der Waals surface area contributed by atoms with E-state index < -0.39 is 0 Å². The summed E-state index contributed by atoms with van der Waals surface area (Å²) in [7, 11) is 0. The van der Waals surface area contributed by atoms with E-state index in [1.807, 2.05) is 35.7 Å². The molecular weight excluding hydrogens is 360 g/mol. The lowest BCUT2D eigenvalue weighted by molar-refractivity contribution is 0.104. The van der Waals surface area contributed by atoms with Gasteiger partial charge in [-0.25, -0.2) is 4.98 Å². The van der Waals surface area contributed by atoms with Gasteiger partial charge in [0.2, 0.25) is 5.78 Å².